The van der Waals surface area contributed by atoms with Crippen LogP contribution in [0.2, 0.25) is 0 Å². The normalized spacial score (nSPS) is 11.7. The first-order chi connectivity index (χ1) is 24.5. The molecule has 0 amide bonds. The van der Waals surface area contributed by atoms with E-state index in [-0.39, 0.29) is 26.4 Å². The third kappa shape index (κ3) is 10.1. The van der Waals surface area contributed by atoms with Gasteiger partial charge in [-0.2, -0.15) is 0 Å². The summed E-state index contributed by atoms with van der Waals surface area (Å²) in [6.07, 6.45) is 0.619. The van der Waals surface area contributed by atoms with Crippen LogP contribution in [-0.2, 0) is 19.1 Å². The van der Waals surface area contributed by atoms with Crippen molar-refractivity contribution in [2.75, 3.05) is 26.4 Å². The summed E-state index contributed by atoms with van der Waals surface area (Å²) in [6.45, 7) is 6.99. The summed E-state index contributed by atoms with van der Waals surface area (Å²) in [6, 6.07) is 42.0. The highest BCUT2D eigenvalue weighted by atomic mass is 16.6. The standard InChI is InChI=1S/C42H38O8/c1-3-41(43)49-33(27-45-37-23-13-11-21-35(37)31-17-7-5-8-18-31)29-47-39-25-15-16-26-40(39)48-30-34(50-42(44)4-2)28-46-38-24-14-12-22-36(38)32-19-9-6-10-20-32/h3-26,33-34H,1-2,27-30H2. The molecule has 0 radical (unpaired) electrons. The molecule has 5 aromatic rings. The van der Waals surface area contributed by atoms with E-state index in [1.807, 2.05) is 109 Å². The number of rotatable bonds is 18. The van der Waals surface area contributed by atoms with Crippen LogP contribution >= 0.6 is 0 Å². The molecule has 8 nitrogen and oxygen atoms in total. The minimum Gasteiger partial charge on any atom is -0.489 e. The molecule has 0 saturated carbocycles. The van der Waals surface area contributed by atoms with Crippen LogP contribution in [-0.4, -0.2) is 50.6 Å². The van der Waals surface area contributed by atoms with E-state index >= 15 is 0 Å². The van der Waals surface area contributed by atoms with Crippen molar-refractivity contribution in [1.82, 2.24) is 0 Å². The Hall–Kier alpha value is -6.28. The van der Waals surface area contributed by atoms with Gasteiger partial charge in [-0.05, 0) is 35.4 Å². The van der Waals surface area contributed by atoms with E-state index in [2.05, 4.69) is 13.2 Å². The summed E-state index contributed by atoms with van der Waals surface area (Å²) in [7, 11) is 0. The second-order valence-corrected chi connectivity index (χ2v) is 10.9. The smallest absolute Gasteiger partial charge is 0.330 e. The molecule has 5 aromatic carbocycles. The molecule has 254 valence electrons. The Labute approximate surface area is 292 Å². The van der Waals surface area contributed by atoms with Crippen LogP contribution in [0.3, 0.4) is 0 Å². The van der Waals surface area contributed by atoms with Gasteiger partial charge in [0.2, 0.25) is 0 Å². The van der Waals surface area contributed by atoms with Gasteiger partial charge in [-0.3, -0.25) is 0 Å². The van der Waals surface area contributed by atoms with Crippen LogP contribution in [0.15, 0.2) is 159 Å². The van der Waals surface area contributed by atoms with E-state index in [0.717, 1.165) is 34.4 Å². The maximum absolute atomic E-state index is 12.2. The molecule has 5 rings (SSSR count). The van der Waals surface area contributed by atoms with E-state index < -0.39 is 24.1 Å². The predicted molar refractivity (Wildman–Crippen MR) is 192 cm³/mol. The van der Waals surface area contributed by atoms with Crippen molar-refractivity contribution in [1.29, 1.82) is 0 Å². The largest absolute Gasteiger partial charge is 0.489 e. The summed E-state index contributed by atoms with van der Waals surface area (Å²) in [5.74, 6) is 0.834. The van der Waals surface area contributed by atoms with Crippen LogP contribution in [0.25, 0.3) is 22.3 Å². The number of benzene rings is 5. The molecule has 0 aliphatic rings. The van der Waals surface area contributed by atoms with E-state index in [4.69, 9.17) is 28.4 Å². The molecular weight excluding hydrogens is 632 g/mol. The molecule has 2 unspecified atom stereocenters. The van der Waals surface area contributed by atoms with E-state index in [9.17, 15) is 9.59 Å². The van der Waals surface area contributed by atoms with Gasteiger partial charge in [0.05, 0.1) is 0 Å². The molecule has 2 atom stereocenters. The monoisotopic (exact) mass is 670 g/mol. The molecule has 0 saturated heterocycles. The van der Waals surface area contributed by atoms with Gasteiger partial charge in [-0.25, -0.2) is 9.59 Å². The average Bonchev–Trinajstić information content (AvgIpc) is 3.18. The lowest BCUT2D eigenvalue weighted by Crippen LogP contribution is -2.31. The van der Waals surface area contributed by atoms with Gasteiger partial charge in [0.25, 0.3) is 0 Å². The Morgan fingerprint density at radius 2 is 0.740 bits per heavy atom. The summed E-state index contributed by atoms with van der Waals surface area (Å²) in [4.78, 5) is 24.4. The van der Waals surface area contributed by atoms with Gasteiger partial charge >= 0.3 is 11.9 Å². The highest BCUT2D eigenvalue weighted by molar-refractivity contribution is 5.81. The molecule has 0 fully saturated rings. The molecule has 0 aliphatic heterocycles. The summed E-state index contributed by atoms with van der Waals surface area (Å²) >= 11 is 0. The van der Waals surface area contributed by atoms with E-state index in [1.54, 1.807) is 24.3 Å². The molecule has 0 bridgehead atoms. The minimum atomic E-state index is -0.781. The van der Waals surface area contributed by atoms with Crippen molar-refractivity contribution in [2.45, 2.75) is 12.2 Å². The number of ether oxygens (including phenoxy) is 6. The number of esters is 2. The maximum Gasteiger partial charge on any atom is 0.330 e. The van der Waals surface area contributed by atoms with Crippen molar-refractivity contribution < 1.29 is 38.0 Å². The van der Waals surface area contributed by atoms with Crippen LogP contribution < -0.4 is 18.9 Å². The zero-order valence-electron chi connectivity index (χ0n) is 27.5. The van der Waals surface area contributed by atoms with Gasteiger partial charge in [0, 0.05) is 23.3 Å². The Morgan fingerprint density at radius 3 is 1.10 bits per heavy atom. The van der Waals surface area contributed by atoms with Gasteiger partial charge in [-0.15, -0.1) is 0 Å². The maximum atomic E-state index is 12.2. The zero-order valence-corrected chi connectivity index (χ0v) is 27.5. The topological polar surface area (TPSA) is 89.5 Å². The number of hydrogen-bond donors (Lipinski definition) is 0. The highest BCUT2D eigenvalue weighted by Crippen LogP contribution is 2.32. The lowest BCUT2D eigenvalue weighted by Gasteiger charge is -2.22. The summed E-state index contributed by atoms with van der Waals surface area (Å²) in [5.41, 5.74) is 3.79. The van der Waals surface area contributed by atoms with Crippen molar-refractivity contribution in [3.63, 3.8) is 0 Å². The zero-order chi connectivity index (χ0) is 35.0. The van der Waals surface area contributed by atoms with Crippen LogP contribution in [0.5, 0.6) is 23.0 Å². The van der Waals surface area contributed by atoms with Crippen molar-refractivity contribution in [2.24, 2.45) is 0 Å². The van der Waals surface area contributed by atoms with E-state index in [0.29, 0.717) is 23.0 Å². The molecular formula is C42H38O8. The fourth-order valence-corrected chi connectivity index (χ4v) is 4.97. The second-order valence-electron chi connectivity index (χ2n) is 10.9. The second kappa shape index (κ2) is 18.3. The SMILES string of the molecule is C=CC(=O)OC(COc1ccccc1OCC(COc1ccccc1-c1ccccc1)OC(=O)C=C)COc1ccccc1-c1ccccc1. The Bertz CT molecular complexity index is 1720. The Balaban J connectivity index is 1.24. The average molecular weight is 671 g/mol. The minimum absolute atomic E-state index is 0.0217. The molecule has 0 heterocycles. The molecule has 0 spiro atoms. The van der Waals surface area contributed by atoms with Crippen molar-refractivity contribution >= 4 is 11.9 Å². The van der Waals surface area contributed by atoms with Crippen molar-refractivity contribution in [3.05, 3.63) is 159 Å². The van der Waals surface area contributed by atoms with Gasteiger partial charge in [0.15, 0.2) is 23.7 Å². The van der Waals surface area contributed by atoms with Gasteiger partial charge in [-0.1, -0.05) is 122 Å². The number of carbonyl (C=O) groups is 2. The van der Waals surface area contributed by atoms with E-state index in [1.165, 1.54) is 0 Å². The molecule has 0 aromatic heterocycles. The number of hydrogen-bond acceptors (Lipinski definition) is 8. The van der Waals surface area contributed by atoms with Gasteiger partial charge < -0.3 is 28.4 Å². The first-order valence-electron chi connectivity index (χ1n) is 16.1. The molecule has 8 heteroatoms. The molecule has 0 N–H and O–H groups in total. The predicted octanol–water partition coefficient (Wildman–Crippen LogP) is 8.13. The lowest BCUT2D eigenvalue weighted by molar-refractivity contribution is -0.147. The third-order valence-corrected chi connectivity index (χ3v) is 7.39. The quantitative estimate of drug-likeness (QED) is 0.0682. The van der Waals surface area contributed by atoms with Crippen molar-refractivity contribution in [3.8, 4) is 45.3 Å². The van der Waals surface area contributed by atoms with Crippen LogP contribution in [0, 0.1) is 0 Å². The molecule has 50 heavy (non-hydrogen) atoms. The number of para-hydroxylation sites is 4. The first-order valence-corrected chi connectivity index (χ1v) is 16.1. The van der Waals surface area contributed by atoms with Crippen LogP contribution in [0.1, 0.15) is 0 Å². The summed E-state index contributed by atoms with van der Waals surface area (Å²) in [5, 5.41) is 0. The van der Waals surface area contributed by atoms with Crippen LogP contribution in [0.4, 0.5) is 0 Å². The first kappa shape index (κ1) is 35.0. The fraction of sp³-hybridized carbons (Fsp3) is 0.143. The number of carbonyl (C=O) groups excluding carboxylic acids is 2. The third-order valence-electron chi connectivity index (χ3n) is 7.39. The van der Waals surface area contributed by atoms with Gasteiger partial charge in [0.1, 0.15) is 37.9 Å². The Morgan fingerprint density at radius 1 is 0.440 bits per heavy atom. The highest BCUT2D eigenvalue weighted by Gasteiger charge is 2.20. The molecule has 0 aliphatic carbocycles. The lowest BCUT2D eigenvalue weighted by atomic mass is 10.1. The summed E-state index contributed by atoms with van der Waals surface area (Å²) < 4.78 is 35.6. The Kier molecular flexibility index (Phi) is 12.8. The fourth-order valence-electron chi connectivity index (χ4n) is 4.97.